The van der Waals surface area contributed by atoms with Crippen molar-refractivity contribution in [1.82, 2.24) is 0 Å². The molecule has 0 amide bonds. The Hall–Kier alpha value is -0.810. The lowest BCUT2D eigenvalue weighted by molar-refractivity contribution is 0.103. The van der Waals surface area contributed by atoms with E-state index in [1.807, 2.05) is 0 Å². The molecule has 1 N–H and O–H groups in total. The highest BCUT2D eigenvalue weighted by Gasteiger charge is 2.28. The fourth-order valence-corrected chi connectivity index (χ4v) is 0.463. The van der Waals surface area contributed by atoms with Crippen LogP contribution < -0.4 is 0 Å². The number of rotatable bonds is 3. The van der Waals surface area contributed by atoms with Crippen molar-refractivity contribution in [2.24, 2.45) is 11.1 Å². The van der Waals surface area contributed by atoms with Crippen LogP contribution in [0.4, 0.5) is 17.6 Å². The summed E-state index contributed by atoms with van der Waals surface area (Å²) < 4.78 is 46.8. The Morgan fingerprint density at radius 2 is 1.73 bits per heavy atom. The molecule has 0 aliphatic heterocycles. The lowest BCUT2D eigenvalue weighted by Gasteiger charge is -2.10. The van der Waals surface area contributed by atoms with Crippen LogP contribution in [0.5, 0.6) is 0 Å². The molecule has 0 aromatic rings. The van der Waals surface area contributed by atoms with E-state index in [4.69, 9.17) is 5.21 Å². The highest BCUT2D eigenvalue weighted by atomic mass is 19.3. The molecular weight excluding hydrogens is 166 g/mol. The van der Waals surface area contributed by atoms with Gasteiger partial charge >= 0.3 is 0 Å². The third-order valence-electron chi connectivity index (χ3n) is 1.18. The minimum absolute atomic E-state index is 0.867. The van der Waals surface area contributed by atoms with Gasteiger partial charge in [-0.05, 0) is 0 Å². The normalized spacial score (nSPS) is 16.1. The van der Waals surface area contributed by atoms with Crippen LogP contribution in [0.15, 0.2) is 5.16 Å². The minimum atomic E-state index is -3.14. The van der Waals surface area contributed by atoms with Crippen molar-refractivity contribution in [3.05, 3.63) is 0 Å². The lowest BCUT2D eigenvalue weighted by Crippen LogP contribution is -2.25. The second kappa shape index (κ2) is 4.15. The Labute approximate surface area is 60.5 Å². The lowest BCUT2D eigenvalue weighted by atomic mass is 10.1. The smallest absolute Gasteiger partial charge is 0.280 e. The van der Waals surface area contributed by atoms with Gasteiger partial charge in [-0.25, -0.2) is 17.6 Å². The fraction of sp³-hybridized carbons (Fsp3) is 0.800. The molecule has 66 valence electrons. The van der Waals surface area contributed by atoms with E-state index in [1.54, 1.807) is 0 Å². The SMILES string of the molecule is CC(C(=NO)C(F)F)C(F)F. The van der Waals surface area contributed by atoms with E-state index in [9.17, 15) is 17.6 Å². The van der Waals surface area contributed by atoms with Crippen molar-refractivity contribution in [1.29, 1.82) is 0 Å². The van der Waals surface area contributed by atoms with Crippen LogP contribution in [0.2, 0.25) is 0 Å². The summed E-state index contributed by atoms with van der Waals surface area (Å²) in [6.07, 6.45) is -6.07. The van der Waals surface area contributed by atoms with Crippen molar-refractivity contribution in [3.63, 3.8) is 0 Å². The molecule has 0 aliphatic rings. The Bertz CT molecular complexity index is 147. The van der Waals surface area contributed by atoms with Gasteiger partial charge in [0.25, 0.3) is 6.43 Å². The van der Waals surface area contributed by atoms with Crippen molar-refractivity contribution in [2.75, 3.05) is 0 Å². The standard InChI is InChI=1S/C5H7F4NO/c1-2(4(6)7)3(10-11)5(8)9/h2,4-5,11H,1H3. The zero-order valence-electron chi connectivity index (χ0n) is 5.64. The second-order valence-electron chi connectivity index (χ2n) is 1.95. The molecule has 0 fully saturated rings. The molecule has 0 spiro atoms. The summed E-state index contributed by atoms with van der Waals surface area (Å²) in [4.78, 5) is 0. The van der Waals surface area contributed by atoms with Gasteiger partial charge in [0, 0.05) is 0 Å². The number of halogens is 4. The quantitative estimate of drug-likeness (QED) is 0.301. The average molecular weight is 173 g/mol. The van der Waals surface area contributed by atoms with Crippen LogP contribution in [0.1, 0.15) is 6.92 Å². The highest BCUT2D eigenvalue weighted by molar-refractivity contribution is 5.89. The molecule has 0 saturated heterocycles. The molecule has 6 heteroatoms. The average Bonchev–Trinajstić information content (AvgIpc) is 1.88. The van der Waals surface area contributed by atoms with Gasteiger partial charge in [-0.3, -0.25) is 0 Å². The van der Waals surface area contributed by atoms with E-state index in [0.29, 0.717) is 0 Å². The van der Waals surface area contributed by atoms with Gasteiger partial charge in [0.1, 0.15) is 5.71 Å². The van der Waals surface area contributed by atoms with E-state index in [2.05, 4.69) is 5.16 Å². The van der Waals surface area contributed by atoms with Crippen LogP contribution in [-0.2, 0) is 0 Å². The number of hydrogen-bond acceptors (Lipinski definition) is 2. The molecule has 11 heavy (non-hydrogen) atoms. The first-order valence-electron chi connectivity index (χ1n) is 2.78. The summed E-state index contributed by atoms with van der Waals surface area (Å²) in [5.41, 5.74) is -1.18. The summed E-state index contributed by atoms with van der Waals surface area (Å²) in [6.45, 7) is 0.867. The van der Waals surface area contributed by atoms with Crippen molar-refractivity contribution >= 4 is 5.71 Å². The summed E-state index contributed by atoms with van der Waals surface area (Å²) in [6, 6.07) is 0. The van der Waals surface area contributed by atoms with Crippen molar-refractivity contribution in [3.8, 4) is 0 Å². The minimum Gasteiger partial charge on any atom is -0.411 e. The predicted octanol–water partition coefficient (Wildman–Crippen LogP) is 1.98. The van der Waals surface area contributed by atoms with Crippen LogP contribution in [0.3, 0.4) is 0 Å². The number of oxime groups is 1. The molecule has 1 atom stereocenters. The number of nitrogens with zero attached hydrogens (tertiary/aromatic N) is 1. The summed E-state index contributed by atoms with van der Waals surface area (Å²) in [5, 5.41) is 9.99. The number of hydrogen-bond donors (Lipinski definition) is 1. The molecule has 0 heterocycles. The van der Waals surface area contributed by atoms with Gasteiger partial charge in [0.15, 0.2) is 0 Å². The van der Waals surface area contributed by atoms with Crippen LogP contribution in [0, 0.1) is 5.92 Å². The summed E-state index contributed by atoms with van der Waals surface area (Å²) in [7, 11) is 0. The summed E-state index contributed by atoms with van der Waals surface area (Å²) in [5.74, 6) is -1.71. The predicted molar refractivity (Wildman–Crippen MR) is 30.4 cm³/mol. The first-order valence-corrected chi connectivity index (χ1v) is 2.78. The molecule has 0 aromatic heterocycles. The molecular formula is C5H7F4NO. The van der Waals surface area contributed by atoms with E-state index in [0.717, 1.165) is 6.92 Å². The van der Waals surface area contributed by atoms with Gasteiger partial charge in [-0.2, -0.15) is 0 Å². The third kappa shape index (κ3) is 2.73. The van der Waals surface area contributed by atoms with E-state index in [1.165, 1.54) is 0 Å². The van der Waals surface area contributed by atoms with Crippen molar-refractivity contribution in [2.45, 2.75) is 19.8 Å². The Kier molecular flexibility index (Phi) is 3.84. The van der Waals surface area contributed by atoms with Crippen molar-refractivity contribution < 1.29 is 22.8 Å². The van der Waals surface area contributed by atoms with E-state index in [-0.39, 0.29) is 0 Å². The largest absolute Gasteiger partial charge is 0.411 e. The Morgan fingerprint density at radius 3 is 1.82 bits per heavy atom. The maximum atomic E-state index is 11.7. The maximum Gasteiger partial charge on any atom is 0.280 e. The molecule has 0 rings (SSSR count). The zero-order valence-corrected chi connectivity index (χ0v) is 5.64. The summed E-state index contributed by atoms with van der Waals surface area (Å²) >= 11 is 0. The van der Waals surface area contributed by atoms with Crippen LogP contribution >= 0.6 is 0 Å². The highest BCUT2D eigenvalue weighted by Crippen LogP contribution is 2.15. The Balaban J connectivity index is 4.28. The molecule has 0 aliphatic carbocycles. The van der Waals surface area contributed by atoms with Crippen LogP contribution in [0.25, 0.3) is 0 Å². The number of alkyl halides is 4. The van der Waals surface area contributed by atoms with E-state index >= 15 is 0 Å². The molecule has 2 nitrogen and oxygen atoms in total. The molecule has 0 radical (unpaired) electrons. The Morgan fingerprint density at radius 1 is 1.27 bits per heavy atom. The third-order valence-corrected chi connectivity index (χ3v) is 1.18. The first kappa shape index (κ1) is 10.2. The zero-order chi connectivity index (χ0) is 9.02. The topological polar surface area (TPSA) is 32.6 Å². The van der Waals surface area contributed by atoms with Gasteiger partial charge in [-0.15, -0.1) is 0 Å². The van der Waals surface area contributed by atoms with Gasteiger partial charge < -0.3 is 5.21 Å². The van der Waals surface area contributed by atoms with Gasteiger partial charge in [0.05, 0.1) is 5.92 Å². The molecule has 0 bridgehead atoms. The maximum absolute atomic E-state index is 11.7. The molecule has 0 saturated carbocycles. The fourth-order valence-electron chi connectivity index (χ4n) is 0.463. The first-order chi connectivity index (χ1) is 5.00. The van der Waals surface area contributed by atoms with Gasteiger partial charge in [-0.1, -0.05) is 12.1 Å². The van der Waals surface area contributed by atoms with E-state index < -0.39 is 24.5 Å². The van der Waals surface area contributed by atoms with Gasteiger partial charge in [0.2, 0.25) is 6.43 Å². The molecule has 0 aromatic carbocycles. The van der Waals surface area contributed by atoms with Crippen LogP contribution in [-0.4, -0.2) is 23.8 Å². The second-order valence-corrected chi connectivity index (χ2v) is 1.95. The monoisotopic (exact) mass is 173 g/mol. The molecule has 1 unspecified atom stereocenters.